The fraction of sp³-hybridized carbons (Fsp3) is 0.533. The molecule has 0 atom stereocenters. The van der Waals surface area contributed by atoms with E-state index in [1.807, 2.05) is 0 Å². The van der Waals surface area contributed by atoms with E-state index < -0.39 is 0 Å². The number of ether oxygens (including phenoxy) is 1. The van der Waals surface area contributed by atoms with Crippen molar-refractivity contribution in [1.29, 1.82) is 0 Å². The number of benzene rings is 1. The Balaban J connectivity index is 1.67. The monoisotopic (exact) mass is 230 g/mol. The van der Waals surface area contributed by atoms with Crippen molar-refractivity contribution in [2.45, 2.75) is 50.0 Å². The second-order valence-corrected chi connectivity index (χ2v) is 5.34. The van der Waals surface area contributed by atoms with Crippen molar-refractivity contribution in [2.75, 3.05) is 0 Å². The molecule has 1 saturated carbocycles. The summed E-state index contributed by atoms with van der Waals surface area (Å²) in [5.74, 6) is 0.657. The van der Waals surface area contributed by atoms with E-state index in [4.69, 9.17) is 4.74 Å². The van der Waals surface area contributed by atoms with Gasteiger partial charge in [0.15, 0.2) is 0 Å². The molecule has 1 heterocycles. The average molecular weight is 230 g/mol. The van der Waals surface area contributed by atoms with Gasteiger partial charge in [0.25, 0.3) is 0 Å². The molecule has 2 nitrogen and oxygen atoms in total. The molecule has 90 valence electrons. The van der Waals surface area contributed by atoms with E-state index in [0.717, 1.165) is 32.1 Å². The Bertz CT molecular complexity index is 402. The zero-order valence-corrected chi connectivity index (χ0v) is 10.0. The van der Waals surface area contributed by atoms with Gasteiger partial charge in [0.2, 0.25) is 0 Å². The van der Waals surface area contributed by atoms with Crippen LogP contribution in [0.2, 0.25) is 0 Å². The summed E-state index contributed by atoms with van der Waals surface area (Å²) in [4.78, 5) is 11.2. The third-order valence-corrected chi connectivity index (χ3v) is 4.28. The van der Waals surface area contributed by atoms with Gasteiger partial charge in [-0.25, -0.2) is 0 Å². The molecule has 1 aromatic rings. The van der Waals surface area contributed by atoms with Crippen LogP contribution in [-0.4, -0.2) is 11.6 Å². The predicted molar refractivity (Wildman–Crippen MR) is 65.7 cm³/mol. The zero-order valence-electron chi connectivity index (χ0n) is 10.0. The first-order valence-corrected chi connectivity index (χ1v) is 6.54. The van der Waals surface area contributed by atoms with Crippen LogP contribution in [0.1, 0.15) is 50.0 Å². The molecule has 0 N–H and O–H groups in total. The van der Waals surface area contributed by atoms with Gasteiger partial charge < -0.3 is 4.74 Å². The molecule has 1 aliphatic heterocycles. The highest BCUT2D eigenvalue weighted by atomic mass is 16.6. The molecule has 2 aliphatic rings. The Morgan fingerprint density at radius 3 is 2.35 bits per heavy atom. The Morgan fingerprint density at radius 2 is 1.76 bits per heavy atom. The minimum absolute atomic E-state index is 0.00293. The number of carbonyl (C=O) groups excluding carboxylic acids is 1. The van der Waals surface area contributed by atoms with Gasteiger partial charge in [-0.2, -0.15) is 0 Å². The van der Waals surface area contributed by atoms with Gasteiger partial charge in [-0.05, 0) is 43.6 Å². The molecule has 2 heteroatoms. The van der Waals surface area contributed by atoms with Gasteiger partial charge in [0, 0.05) is 6.42 Å². The molecular formula is C15H18O2. The van der Waals surface area contributed by atoms with E-state index in [9.17, 15) is 4.79 Å². The zero-order chi connectivity index (χ0) is 11.7. The summed E-state index contributed by atoms with van der Waals surface area (Å²) < 4.78 is 5.54. The molecular weight excluding hydrogens is 212 g/mol. The van der Waals surface area contributed by atoms with Crippen molar-refractivity contribution in [2.24, 2.45) is 0 Å². The lowest BCUT2D eigenvalue weighted by Gasteiger charge is -2.35. The van der Waals surface area contributed by atoms with E-state index in [1.165, 1.54) is 5.56 Å². The maximum absolute atomic E-state index is 11.2. The molecule has 2 fully saturated rings. The van der Waals surface area contributed by atoms with Crippen molar-refractivity contribution >= 4 is 5.97 Å². The van der Waals surface area contributed by atoms with Crippen molar-refractivity contribution in [3.63, 3.8) is 0 Å². The number of carbonyl (C=O) groups is 1. The molecule has 0 radical (unpaired) electrons. The highest BCUT2D eigenvalue weighted by Gasteiger charge is 2.43. The van der Waals surface area contributed by atoms with E-state index in [0.29, 0.717) is 12.3 Å². The maximum Gasteiger partial charge on any atom is 0.306 e. The van der Waals surface area contributed by atoms with E-state index in [1.54, 1.807) is 0 Å². The summed E-state index contributed by atoms with van der Waals surface area (Å²) in [5.41, 5.74) is 1.34. The second-order valence-electron chi connectivity index (χ2n) is 5.34. The SMILES string of the molecule is O=C1CCC2(CCC(c3ccccc3)CC2)O1. The van der Waals surface area contributed by atoms with Crippen LogP contribution in [0.5, 0.6) is 0 Å². The highest BCUT2D eigenvalue weighted by Crippen LogP contribution is 2.44. The summed E-state index contributed by atoms with van der Waals surface area (Å²) in [6.45, 7) is 0. The summed E-state index contributed by atoms with van der Waals surface area (Å²) >= 11 is 0. The largest absolute Gasteiger partial charge is 0.459 e. The molecule has 1 aliphatic carbocycles. The smallest absolute Gasteiger partial charge is 0.306 e. The number of rotatable bonds is 1. The molecule has 0 aromatic heterocycles. The Labute approximate surface area is 102 Å². The van der Waals surface area contributed by atoms with Crippen molar-refractivity contribution < 1.29 is 9.53 Å². The van der Waals surface area contributed by atoms with Gasteiger partial charge in [-0.3, -0.25) is 4.79 Å². The first-order chi connectivity index (χ1) is 8.27. The predicted octanol–water partition coefficient (Wildman–Crippen LogP) is 3.42. The molecule has 0 amide bonds. The highest BCUT2D eigenvalue weighted by molar-refractivity contribution is 5.72. The van der Waals surface area contributed by atoms with Gasteiger partial charge in [-0.15, -0.1) is 0 Å². The second kappa shape index (κ2) is 4.17. The Hall–Kier alpha value is -1.31. The maximum atomic E-state index is 11.2. The molecule has 1 aromatic carbocycles. The lowest BCUT2D eigenvalue weighted by Crippen LogP contribution is -2.33. The third-order valence-electron chi connectivity index (χ3n) is 4.28. The molecule has 1 saturated heterocycles. The van der Waals surface area contributed by atoms with Crippen LogP contribution in [-0.2, 0) is 9.53 Å². The fourth-order valence-corrected chi connectivity index (χ4v) is 3.23. The van der Waals surface area contributed by atoms with Crippen LogP contribution < -0.4 is 0 Å². The minimum atomic E-state index is -0.0949. The van der Waals surface area contributed by atoms with Crippen LogP contribution in [0.3, 0.4) is 0 Å². The van der Waals surface area contributed by atoms with Crippen LogP contribution in [0.25, 0.3) is 0 Å². The molecule has 3 rings (SSSR count). The van der Waals surface area contributed by atoms with Crippen molar-refractivity contribution in [1.82, 2.24) is 0 Å². The number of hydrogen-bond donors (Lipinski definition) is 0. The van der Waals surface area contributed by atoms with Gasteiger partial charge in [-0.1, -0.05) is 30.3 Å². The lowest BCUT2D eigenvalue weighted by atomic mass is 9.75. The van der Waals surface area contributed by atoms with E-state index in [2.05, 4.69) is 30.3 Å². The molecule has 1 spiro atoms. The van der Waals surface area contributed by atoms with Gasteiger partial charge in [0.05, 0.1) is 0 Å². The minimum Gasteiger partial charge on any atom is -0.459 e. The van der Waals surface area contributed by atoms with Crippen molar-refractivity contribution in [3.05, 3.63) is 35.9 Å². The van der Waals surface area contributed by atoms with E-state index >= 15 is 0 Å². The fourth-order valence-electron chi connectivity index (χ4n) is 3.23. The van der Waals surface area contributed by atoms with Gasteiger partial charge >= 0.3 is 5.97 Å². The van der Waals surface area contributed by atoms with Crippen LogP contribution in [0.4, 0.5) is 0 Å². The molecule has 0 bridgehead atoms. The summed E-state index contributed by atoms with van der Waals surface area (Å²) in [6, 6.07) is 10.7. The average Bonchev–Trinajstić information content (AvgIpc) is 2.73. The molecule has 17 heavy (non-hydrogen) atoms. The Morgan fingerprint density at radius 1 is 1.06 bits per heavy atom. The lowest BCUT2D eigenvalue weighted by molar-refractivity contribution is -0.150. The number of hydrogen-bond acceptors (Lipinski definition) is 2. The Kier molecular flexibility index (Phi) is 2.65. The summed E-state index contributed by atoms with van der Waals surface area (Å²) in [7, 11) is 0. The van der Waals surface area contributed by atoms with Crippen LogP contribution >= 0.6 is 0 Å². The van der Waals surface area contributed by atoms with Crippen molar-refractivity contribution in [3.8, 4) is 0 Å². The quantitative estimate of drug-likeness (QED) is 0.691. The standard InChI is InChI=1S/C15H18O2/c16-14-8-11-15(17-14)9-6-13(7-10-15)12-4-2-1-3-5-12/h1-5,13H,6-11H2. The third kappa shape index (κ3) is 2.08. The first kappa shape index (κ1) is 10.8. The molecule has 0 unspecified atom stereocenters. The first-order valence-electron chi connectivity index (χ1n) is 6.54. The van der Waals surface area contributed by atoms with E-state index in [-0.39, 0.29) is 11.6 Å². The van der Waals surface area contributed by atoms with Crippen LogP contribution in [0, 0.1) is 0 Å². The summed E-state index contributed by atoms with van der Waals surface area (Å²) in [5, 5.41) is 0. The van der Waals surface area contributed by atoms with Gasteiger partial charge in [0.1, 0.15) is 5.60 Å². The normalized spacial score (nSPS) is 32.7. The van der Waals surface area contributed by atoms with Crippen LogP contribution in [0.15, 0.2) is 30.3 Å². The summed E-state index contributed by atoms with van der Waals surface area (Å²) in [6.07, 6.45) is 5.94. The number of esters is 1. The topological polar surface area (TPSA) is 26.3 Å².